The number of halogens is 1. The average Bonchev–Trinajstić information content (AvgIpc) is 2.14. The minimum atomic E-state index is 0.0924. The second-order valence-electron chi connectivity index (χ2n) is 4.62. The zero-order valence-corrected chi connectivity index (χ0v) is 10.1. The van der Waals surface area contributed by atoms with Crippen molar-refractivity contribution < 1.29 is 4.39 Å². The van der Waals surface area contributed by atoms with Crippen molar-refractivity contribution in [3.63, 3.8) is 0 Å². The number of unbranched alkanes of at least 4 members (excludes halogenated alkanes) is 2. The molecular weight excluding hydrogens is 175 g/mol. The van der Waals surface area contributed by atoms with Crippen LogP contribution in [0.3, 0.4) is 0 Å². The third-order valence-electron chi connectivity index (χ3n) is 2.50. The Morgan fingerprint density at radius 3 is 2.36 bits per heavy atom. The Morgan fingerprint density at radius 2 is 1.86 bits per heavy atom. The molecule has 14 heavy (non-hydrogen) atoms. The van der Waals surface area contributed by atoms with Gasteiger partial charge in [-0.25, -0.2) is 4.39 Å². The Bertz CT molecular complexity index is 159. The molecule has 0 aromatic carbocycles. The van der Waals surface area contributed by atoms with Gasteiger partial charge in [-0.1, -0.05) is 53.0 Å². The molecule has 0 fully saturated rings. The third-order valence-corrected chi connectivity index (χ3v) is 2.50. The zero-order valence-electron chi connectivity index (χ0n) is 10.1. The van der Waals surface area contributed by atoms with Crippen LogP contribution in [0.15, 0.2) is 11.9 Å². The average molecular weight is 200 g/mol. The zero-order chi connectivity index (χ0) is 11.0. The van der Waals surface area contributed by atoms with Gasteiger partial charge in [0.2, 0.25) is 0 Å². The van der Waals surface area contributed by atoms with Crippen LogP contribution in [-0.2, 0) is 0 Å². The molecule has 84 valence electrons. The number of hydrogen-bond donors (Lipinski definition) is 0. The van der Waals surface area contributed by atoms with Gasteiger partial charge in [-0.2, -0.15) is 0 Å². The van der Waals surface area contributed by atoms with E-state index in [4.69, 9.17) is 0 Å². The molecule has 0 N–H and O–H groups in total. The molecule has 0 aromatic rings. The van der Waals surface area contributed by atoms with Gasteiger partial charge in [-0.05, 0) is 18.8 Å². The minimum Gasteiger partial charge on any atom is -0.212 e. The molecule has 0 nitrogen and oxygen atoms in total. The van der Waals surface area contributed by atoms with E-state index < -0.39 is 0 Å². The number of hydrogen-bond acceptors (Lipinski definition) is 0. The SMILES string of the molecule is CCCCCC(C)/C(F)=C\CC(C)C. The first-order valence-corrected chi connectivity index (χ1v) is 5.93. The fourth-order valence-corrected chi connectivity index (χ4v) is 1.39. The Kier molecular flexibility index (Phi) is 7.83. The van der Waals surface area contributed by atoms with E-state index in [-0.39, 0.29) is 11.7 Å². The van der Waals surface area contributed by atoms with Crippen LogP contribution < -0.4 is 0 Å². The standard InChI is InChI=1S/C13H25F/c1-5-6-7-8-12(4)13(14)10-9-11(2)3/h10-12H,5-9H2,1-4H3/b13-10+. The van der Waals surface area contributed by atoms with Crippen LogP contribution in [0.5, 0.6) is 0 Å². The molecule has 0 saturated carbocycles. The number of rotatable bonds is 7. The smallest absolute Gasteiger partial charge is 0.0987 e. The van der Waals surface area contributed by atoms with E-state index in [1.165, 1.54) is 12.8 Å². The quantitative estimate of drug-likeness (QED) is 0.501. The maximum absolute atomic E-state index is 13.4. The first-order valence-electron chi connectivity index (χ1n) is 5.93. The predicted molar refractivity (Wildman–Crippen MR) is 62.0 cm³/mol. The fraction of sp³-hybridized carbons (Fsp3) is 0.846. The molecule has 0 aliphatic rings. The van der Waals surface area contributed by atoms with Crippen molar-refractivity contribution >= 4 is 0 Å². The van der Waals surface area contributed by atoms with Gasteiger partial charge in [0.25, 0.3) is 0 Å². The Hall–Kier alpha value is -0.330. The van der Waals surface area contributed by atoms with E-state index in [1.54, 1.807) is 6.08 Å². The summed E-state index contributed by atoms with van der Waals surface area (Å²) in [4.78, 5) is 0. The van der Waals surface area contributed by atoms with Crippen LogP contribution in [0.1, 0.15) is 59.8 Å². The molecule has 0 aliphatic heterocycles. The highest BCUT2D eigenvalue weighted by Crippen LogP contribution is 2.20. The van der Waals surface area contributed by atoms with E-state index >= 15 is 0 Å². The van der Waals surface area contributed by atoms with E-state index in [9.17, 15) is 4.39 Å². The summed E-state index contributed by atoms with van der Waals surface area (Å²) < 4.78 is 13.4. The lowest BCUT2D eigenvalue weighted by Gasteiger charge is -2.09. The summed E-state index contributed by atoms with van der Waals surface area (Å²) in [5.41, 5.74) is 0. The lowest BCUT2D eigenvalue weighted by molar-refractivity contribution is 0.444. The molecule has 1 heteroatoms. The normalized spacial score (nSPS) is 14.9. The Labute approximate surface area is 88.6 Å². The Balaban J connectivity index is 3.73. The molecule has 0 bridgehead atoms. The van der Waals surface area contributed by atoms with Crippen LogP contribution in [-0.4, -0.2) is 0 Å². The molecule has 0 rings (SSSR count). The molecule has 1 unspecified atom stereocenters. The Morgan fingerprint density at radius 1 is 1.21 bits per heavy atom. The molecule has 0 heterocycles. The van der Waals surface area contributed by atoms with Crippen LogP contribution in [0.4, 0.5) is 4.39 Å². The highest BCUT2D eigenvalue weighted by atomic mass is 19.1. The van der Waals surface area contributed by atoms with Gasteiger partial charge in [0.15, 0.2) is 0 Å². The van der Waals surface area contributed by atoms with E-state index in [2.05, 4.69) is 20.8 Å². The van der Waals surface area contributed by atoms with Gasteiger partial charge in [-0.3, -0.25) is 0 Å². The summed E-state index contributed by atoms with van der Waals surface area (Å²) in [6, 6.07) is 0. The summed E-state index contributed by atoms with van der Waals surface area (Å²) in [7, 11) is 0. The molecule has 0 amide bonds. The monoisotopic (exact) mass is 200 g/mol. The van der Waals surface area contributed by atoms with Crippen molar-refractivity contribution in [1.29, 1.82) is 0 Å². The van der Waals surface area contributed by atoms with E-state index in [0.717, 1.165) is 19.3 Å². The first-order chi connectivity index (χ1) is 6.57. The largest absolute Gasteiger partial charge is 0.212 e. The molecule has 0 radical (unpaired) electrons. The molecule has 0 saturated heterocycles. The third kappa shape index (κ3) is 7.11. The lowest BCUT2D eigenvalue weighted by atomic mass is 10.00. The first kappa shape index (κ1) is 13.7. The van der Waals surface area contributed by atoms with Gasteiger partial charge in [0.1, 0.15) is 0 Å². The van der Waals surface area contributed by atoms with Crippen molar-refractivity contribution in [1.82, 2.24) is 0 Å². The van der Waals surface area contributed by atoms with Crippen molar-refractivity contribution in [2.75, 3.05) is 0 Å². The van der Waals surface area contributed by atoms with Gasteiger partial charge in [0.05, 0.1) is 5.83 Å². The van der Waals surface area contributed by atoms with Gasteiger partial charge < -0.3 is 0 Å². The highest BCUT2D eigenvalue weighted by molar-refractivity contribution is 4.96. The topological polar surface area (TPSA) is 0 Å². The summed E-state index contributed by atoms with van der Waals surface area (Å²) in [6.45, 7) is 8.40. The lowest BCUT2D eigenvalue weighted by Crippen LogP contribution is -1.96. The minimum absolute atomic E-state index is 0.0924. The van der Waals surface area contributed by atoms with Crippen LogP contribution in [0.25, 0.3) is 0 Å². The molecule has 0 spiro atoms. The summed E-state index contributed by atoms with van der Waals surface area (Å²) >= 11 is 0. The molecule has 1 atom stereocenters. The number of allylic oxidation sites excluding steroid dienone is 2. The van der Waals surface area contributed by atoms with Crippen molar-refractivity contribution in [2.45, 2.75) is 59.8 Å². The van der Waals surface area contributed by atoms with Crippen LogP contribution in [0.2, 0.25) is 0 Å². The summed E-state index contributed by atoms with van der Waals surface area (Å²) in [5.74, 6) is 0.777. The highest BCUT2D eigenvalue weighted by Gasteiger charge is 2.07. The van der Waals surface area contributed by atoms with Gasteiger partial charge in [0, 0.05) is 5.92 Å². The molecule has 0 aliphatic carbocycles. The second-order valence-corrected chi connectivity index (χ2v) is 4.62. The fourth-order valence-electron chi connectivity index (χ4n) is 1.39. The molecule has 0 aromatic heterocycles. The van der Waals surface area contributed by atoms with Crippen molar-refractivity contribution in [3.8, 4) is 0 Å². The maximum Gasteiger partial charge on any atom is 0.0987 e. The van der Waals surface area contributed by atoms with E-state index in [0.29, 0.717) is 5.92 Å². The van der Waals surface area contributed by atoms with Gasteiger partial charge in [-0.15, -0.1) is 0 Å². The van der Waals surface area contributed by atoms with Crippen LogP contribution in [0, 0.1) is 11.8 Å². The second kappa shape index (κ2) is 8.02. The maximum atomic E-state index is 13.4. The molecular formula is C13H25F. The summed E-state index contributed by atoms with van der Waals surface area (Å²) in [5, 5.41) is 0. The summed E-state index contributed by atoms with van der Waals surface area (Å²) in [6.07, 6.45) is 7.21. The van der Waals surface area contributed by atoms with E-state index in [1.807, 2.05) is 6.92 Å². The van der Waals surface area contributed by atoms with Gasteiger partial charge >= 0.3 is 0 Å². The van der Waals surface area contributed by atoms with Crippen LogP contribution >= 0.6 is 0 Å². The predicted octanol–water partition coefficient (Wildman–Crippen LogP) is 5.10. The van der Waals surface area contributed by atoms with Crippen molar-refractivity contribution in [3.05, 3.63) is 11.9 Å². The van der Waals surface area contributed by atoms with Crippen molar-refractivity contribution in [2.24, 2.45) is 11.8 Å².